The minimum absolute atomic E-state index is 0.0123. The molecule has 2 unspecified atom stereocenters. The Balaban J connectivity index is 4.28. The molecule has 0 aromatic rings. The van der Waals surface area contributed by atoms with E-state index in [-0.39, 0.29) is 26.1 Å². The number of hydrogen-bond acceptors (Lipinski definition) is 7. The molecule has 1 N–H and O–H groups in total. The number of carbonyl (C=O) groups is 2. The van der Waals surface area contributed by atoms with Crippen LogP contribution in [-0.2, 0) is 32.7 Å². The van der Waals surface area contributed by atoms with Crippen molar-refractivity contribution in [1.82, 2.24) is 0 Å². The summed E-state index contributed by atoms with van der Waals surface area (Å²) in [4.78, 5) is 35.7. The van der Waals surface area contributed by atoms with Crippen molar-refractivity contribution in [3.8, 4) is 0 Å². The zero-order valence-corrected chi connectivity index (χ0v) is 50.5. The number of unbranched alkanes of at least 4 members (excludes halogenated alkanes) is 10. The number of rotatable bonds is 52. The quantitative estimate of drug-likeness (QED) is 0.0211. The van der Waals surface area contributed by atoms with Gasteiger partial charge in [0.15, 0.2) is 6.10 Å². The maximum absolute atomic E-state index is 12.8. The molecule has 9 nitrogen and oxygen atoms in total. The second-order valence-electron chi connectivity index (χ2n) is 20.3. The van der Waals surface area contributed by atoms with Crippen molar-refractivity contribution >= 4 is 19.8 Å². The number of nitrogens with zero attached hydrogens (tertiary/aromatic N) is 1. The van der Waals surface area contributed by atoms with Gasteiger partial charge in [-0.05, 0) is 128 Å². The van der Waals surface area contributed by atoms with Gasteiger partial charge in [0.05, 0.1) is 27.7 Å². The average Bonchev–Trinajstić information content (AvgIpc) is 3.41. The summed E-state index contributed by atoms with van der Waals surface area (Å²) in [6, 6.07) is 0. The Labute approximate surface area is 477 Å². The summed E-state index contributed by atoms with van der Waals surface area (Å²) in [6.45, 7) is 4.11. The van der Waals surface area contributed by atoms with Crippen molar-refractivity contribution in [1.29, 1.82) is 0 Å². The first kappa shape index (κ1) is 73.4. The van der Waals surface area contributed by atoms with E-state index in [2.05, 4.69) is 184 Å². The summed E-state index contributed by atoms with van der Waals surface area (Å²) >= 11 is 0. The number of hydrogen-bond donors (Lipinski definition) is 1. The van der Waals surface area contributed by atoms with Crippen LogP contribution < -0.4 is 0 Å². The van der Waals surface area contributed by atoms with Crippen LogP contribution in [-0.4, -0.2) is 74.9 Å². The van der Waals surface area contributed by atoms with E-state index in [0.717, 1.165) is 128 Å². The van der Waals surface area contributed by atoms with Crippen LogP contribution in [0.4, 0.5) is 0 Å². The van der Waals surface area contributed by atoms with E-state index in [9.17, 15) is 19.0 Å². The van der Waals surface area contributed by atoms with E-state index in [1.54, 1.807) is 0 Å². The largest absolute Gasteiger partial charge is 0.472 e. The Hall–Kier alpha value is -4.63. The first-order valence-electron chi connectivity index (χ1n) is 29.9. The molecule has 0 amide bonds. The molecular formula is C68H109NO8P+. The van der Waals surface area contributed by atoms with Crippen molar-refractivity contribution < 1.29 is 42.1 Å². The number of carbonyl (C=O) groups excluding carboxylic acids is 2. The molecule has 0 aromatic heterocycles. The molecule has 78 heavy (non-hydrogen) atoms. The summed E-state index contributed by atoms with van der Waals surface area (Å²) in [5.41, 5.74) is 0. The van der Waals surface area contributed by atoms with Crippen molar-refractivity contribution in [3.63, 3.8) is 0 Å². The highest BCUT2D eigenvalue weighted by atomic mass is 31.2. The third kappa shape index (κ3) is 60.6. The number of quaternary nitrogens is 1. The molecule has 0 heterocycles. The van der Waals surface area contributed by atoms with E-state index in [0.29, 0.717) is 23.9 Å². The van der Waals surface area contributed by atoms with E-state index in [1.165, 1.54) is 25.7 Å². The summed E-state index contributed by atoms with van der Waals surface area (Å²) in [6.07, 6.45) is 87.1. The Morgan fingerprint density at radius 2 is 0.692 bits per heavy atom. The average molecular weight is 1100 g/mol. The second kappa shape index (κ2) is 57.1. The fourth-order valence-electron chi connectivity index (χ4n) is 7.21. The monoisotopic (exact) mass is 1100 g/mol. The molecule has 0 bridgehead atoms. The van der Waals surface area contributed by atoms with Gasteiger partial charge < -0.3 is 18.9 Å². The van der Waals surface area contributed by atoms with Crippen molar-refractivity contribution in [3.05, 3.63) is 170 Å². The highest BCUT2D eigenvalue weighted by molar-refractivity contribution is 7.47. The van der Waals surface area contributed by atoms with Crippen LogP contribution in [0.1, 0.15) is 194 Å². The minimum atomic E-state index is -4.41. The maximum Gasteiger partial charge on any atom is 0.472 e. The predicted molar refractivity (Wildman–Crippen MR) is 334 cm³/mol. The summed E-state index contributed by atoms with van der Waals surface area (Å²) in [7, 11) is 1.42. The molecule has 0 saturated carbocycles. The Morgan fingerprint density at radius 1 is 0.397 bits per heavy atom. The molecule has 0 aliphatic heterocycles. The number of allylic oxidation sites excluding steroid dienone is 28. The van der Waals surface area contributed by atoms with E-state index in [4.69, 9.17) is 18.5 Å². The predicted octanol–water partition coefficient (Wildman–Crippen LogP) is 19.0. The van der Waals surface area contributed by atoms with Gasteiger partial charge >= 0.3 is 19.8 Å². The van der Waals surface area contributed by atoms with Crippen LogP contribution in [0.5, 0.6) is 0 Å². The molecule has 2 atom stereocenters. The molecule has 0 radical (unpaired) electrons. The van der Waals surface area contributed by atoms with Gasteiger partial charge in [0, 0.05) is 12.8 Å². The van der Waals surface area contributed by atoms with Gasteiger partial charge in [-0.2, -0.15) is 0 Å². The standard InChI is InChI=1S/C68H108NO8P/c1-6-8-10-12-14-16-18-20-22-24-26-28-29-30-31-32-33-34-35-36-37-38-39-41-43-45-47-49-51-53-55-57-59-61-68(71)77-66(65-76-78(72,73)75-63-62-69(3,4)5)64-74-67(70)60-58-56-54-52-50-48-46-44-42-40-27-25-23-21-19-17-15-13-11-9-7-2/h8-11,14-17,20-23,26-28,30-31,33-34,36-37,39-41,44,46,50,52,66H,6-7,12-13,18-19,24-25,29,32,35,38,42-43,45,47-49,51,53-65H2,1-5H3/p+1/b10-8-,11-9-,16-14-,17-15-,22-20-,23-21-,28-26-,31-30-,34-33-,37-36-,40-27-,41-39-,46-44-,52-50-. The smallest absolute Gasteiger partial charge is 0.462 e. The lowest BCUT2D eigenvalue weighted by molar-refractivity contribution is -0.870. The van der Waals surface area contributed by atoms with E-state index >= 15 is 0 Å². The lowest BCUT2D eigenvalue weighted by atomic mass is 10.1. The molecule has 0 fully saturated rings. The van der Waals surface area contributed by atoms with Gasteiger partial charge in [-0.3, -0.25) is 18.6 Å². The van der Waals surface area contributed by atoms with Gasteiger partial charge in [-0.25, -0.2) is 4.57 Å². The highest BCUT2D eigenvalue weighted by Crippen LogP contribution is 2.43. The van der Waals surface area contributed by atoms with Crippen molar-refractivity contribution in [2.75, 3.05) is 47.5 Å². The van der Waals surface area contributed by atoms with Crippen LogP contribution in [0, 0.1) is 0 Å². The fraction of sp³-hybridized carbons (Fsp3) is 0.559. The number of ether oxygens (including phenoxy) is 2. The van der Waals surface area contributed by atoms with Gasteiger partial charge in [0.2, 0.25) is 0 Å². The molecule has 438 valence electrons. The number of phosphoric acid groups is 1. The Bertz CT molecular complexity index is 1920. The minimum Gasteiger partial charge on any atom is -0.462 e. The molecule has 10 heteroatoms. The van der Waals surface area contributed by atoms with Gasteiger partial charge in [0.25, 0.3) is 0 Å². The van der Waals surface area contributed by atoms with Gasteiger partial charge in [-0.1, -0.05) is 223 Å². The molecule has 0 rings (SSSR count). The topological polar surface area (TPSA) is 108 Å². The number of likely N-dealkylation sites (N-methyl/N-ethyl adjacent to an activating group) is 1. The van der Waals surface area contributed by atoms with Gasteiger partial charge in [0.1, 0.15) is 19.8 Å². The first-order valence-corrected chi connectivity index (χ1v) is 31.4. The van der Waals surface area contributed by atoms with Crippen LogP contribution in [0.25, 0.3) is 0 Å². The molecular weight excluding hydrogens is 990 g/mol. The SMILES string of the molecule is CC/C=C\C/C=C\C/C=C\C/C=C\C/C=C\C/C=C\C/C=C\C/C=C\CCCCCCCCCCC(=O)OC(COC(=O)CCCC/C=C\C/C=C\C/C=C\C/C=C\C/C=C\C/C=C\CC)COP(=O)(O)OCC[N+](C)(C)C. The summed E-state index contributed by atoms with van der Waals surface area (Å²) < 4.78 is 34.5. The fourth-order valence-corrected chi connectivity index (χ4v) is 7.95. The number of esters is 2. The molecule has 0 aliphatic rings. The lowest BCUT2D eigenvalue weighted by Gasteiger charge is -2.24. The van der Waals surface area contributed by atoms with Crippen LogP contribution in [0.2, 0.25) is 0 Å². The molecule has 0 spiro atoms. The third-order valence-corrected chi connectivity index (χ3v) is 12.7. The molecule has 0 aliphatic carbocycles. The first-order chi connectivity index (χ1) is 38.0. The molecule has 0 saturated heterocycles. The Kier molecular flexibility index (Phi) is 53.7. The summed E-state index contributed by atoms with van der Waals surface area (Å²) in [5, 5.41) is 0. The van der Waals surface area contributed by atoms with Gasteiger partial charge in [-0.15, -0.1) is 0 Å². The lowest BCUT2D eigenvalue weighted by Crippen LogP contribution is -2.37. The zero-order valence-electron chi connectivity index (χ0n) is 49.6. The van der Waals surface area contributed by atoms with E-state index in [1.807, 2.05) is 21.1 Å². The van der Waals surface area contributed by atoms with Crippen LogP contribution in [0.3, 0.4) is 0 Å². The second-order valence-corrected chi connectivity index (χ2v) is 21.7. The maximum atomic E-state index is 12.8. The summed E-state index contributed by atoms with van der Waals surface area (Å²) in [5.74, 6) is -0.874. The third-order valence-electron chi connectivity index (χ3n) is 11.7. The zero-order chi connectivity index (χ0) is 57.0. The number of phosphoric ester groups is 1. The van der Waals surface area contributed by atoms with Crippen LogP contribution in [0.15, 0.2) is 170 Å². The molecule has 0 aromatic carbocycles. The van der Waals surface area contributed by atoms with E-state index < -0.39 is 32.5 Å². The van der Waals surface area contributed by atoms with Crippen molar-refractivity contribution in [2.45, 2.75) is 200 Å². The Morgan fingerprint density at radius 3 is 1.05 bits per heavy atom. The van der Waals surface area contributed by atoms with Crippen LogP contribution >= 0.6 is 7.82 Å². The normalized spacial score (nSPS) is 14.5. The highest BCUT2D eigenvalue weighted by Gasteiger charge is 2.27. The van der Waals surface area contributed by atoms with Crippen molar-refractivity contribution in [2.24, 2.45) is 0 Å².